The maximum absolute atomic E-state index is 13.1. The molecule has 1 amide bonds. The van der Waals surface area contributed by atoms with Gasteiger partial charge in [0.2, 0.25) is 5.91 Å². The zero-order valence-electron chi connectivity index (χ0n) is 45.5. The van der Waals surface area contributed by atoms with Crippen molar-refractivity contribution in [2.75, 3.05) is 26.4 Å². The van der Waals surface area contributed by atoms with Crippen molar-refractivity contribution < 1.29 is 89.4 Å². The summed E-state index contributed by atoms with van der Waals surface area (Å²) in [6.45, 7) is 1.48. The molecule has 440 valence electrons. The van der Waals surface area contributed by atoms with Crippen LogP contribution in [-0.4, -0.2) is 193 Å². The van der Waals surface area contributed by atoms with E-state index in [0.717, 1.165) is 25.7 Å². The Hall–Kier alpha value is -1.73. The molecule has 3 fully saturated rings. The lowest BCUT2D eigenvalue weighted by Crippen LogP contribution is -2.66. The third kappa shape index (κ3) is 25.1. The van der Waals surface area contributed by atoms with Gasteiger partial charge >= 0.3 is 0 Å². The molecular weight excluding hydrogens is 975 g/mol. The van der Waals surface area contributed by atoms with E-state index < -0.39 is 124 Å². The smallest absolute Gasteiger partial charge is 0.220 e. The number of amides is 1. The summed E-state index contributed by atoms with van der Waals surface area (Å²) >= 11 is 0. The second-order valence-corrected chi connectivity index (χ2v) is 21.1. The maximum atomic E-state index is 13.1. The highest BCUT2D eigenvalue weighted by atomic mass is 16.8. The van der Waals surface area contributed by atoms with Gasteiger partial charge < -0.3 is 89.9 Å². The Morgan fingerprint density at radius 2 is 0.867 bits per heavy atom. The van der Waals surface area contributed by atoms with Crippen LogP contribution in [0.25, 0.3) is 0 Å². The van der Waals surface area contributed by atoms with Gasteiger partial charge in [-0.15, -0.1) is 0 Å². The number of ether oxygens (including phenoxy) is 6. The van der Waals surface area contributed by atoms with Crippen molar-refractivity contribution in [2.45, 2.75) is 298 Å². The first-order valence-corrected chi connectivity index (χ1v) is 29.1. The number of hydrogen-bond donors (Lipinski definition) is 12. The highest BCUT2D eigenvalue weighted by molar-refractivity contribution is 5.76. The summed E-state index contributed by atoms with van der Waals surface area (Å²) in [5.41, 5.74) is 0. The van der Waals surface area contributed by atoms with Gasteiger partial charge in [-0.25, -0.2) is 0 Å². The summed E-state index contributed by atoms with van der Waals surface area (Å²) in [6, 6.07) is -0.965. The van der Waals surface area contributed by atoms with Crippen LogP contribution < -0.4 is 5.32 Å². The van der Waals surface area contributed by atoms with E-state index >= 15 is 0 Å². The van der Waals surface area contributed by atoms with E-state index in [-0.39, 0.29) is 18.9 Å². The molecular formula is C56H103NO18. The molecule has 0 aromatic rings. The molecule has 17 atom stereocenters. The lowest BCUT2D eigenvalue weighted by Gasteiger charge is -2.48. The third-order valence-corrected chi connectivity index (χ3v) is 14.7. The molecule has 0 aromatic heterocycles. The first-order chi connectivity index (χ1) is 36.3. The van der Waals surface area contributed by atoms with Crippen LogP contribution in [-0.2, 0) is 33.2 Å². The largest absolute Gasteiger partial charge is 0.394 e. The molecule has 3 heterocycles. The fourth-order valence-electron chi connectivity index (χ4n) is 9.90. The van der Waals surface area contributed by atoms with E-state index in [0.29, 0.717) is 12.8 Å². The van der Waals surface area contributed by atoms with Gasteiger partial charge in [-0.05, 0) is 38.5 Å². The maximum Gasteiger partial charge on any atom is 0.220 e. The second kappa shape index (κ2) is 40.4. The fourth-order valence-corrected chi connectivity index (χ4v) is 9.90. The molecule has 3 aliphatic rings. The highest BCUT2D eigenvalue weighted by Crippen LogP contribution is 2.33. The van der Waals surface area contributed by atoms with Crippen LogP contribution in [0.5, 0.6) is 0 Å². The van der Waals surface area contributed by atoms with Gasteiger partial charge in [0.05, 0.1) is 38.6 Å². The monoisotopic (exact) mass is 1080 g/mol. The van der Waals surface area contributed by atoms with Gasteiger partial charge in [0.15, 0.2) is 18.9 Å². The highest BCUT2D eigenvalue weighted by Gasteiger charge is 2.53. The van der Waals surface area contributed by atoms with Crippen LogP contribution >= 0.6 is 0 Å². The molecule has 0 aliphatic carbocycles. The van der Waals surface area contributed by atoms with Crippen molar-refractivity contribution in [2.24, 2.45) is 0 Å². The third-order valence-electron chi connectivity index (χ3n) is 14.7. The number of carbonyl (C=O) groups excluding carboxylic acids is 1. The average Bonchev–Trinajstić information content (AvgIpc) is 3.41. The summed E-state index contributed by atoms with van der Waals surface area (Å²) in [7, 11) is 0. The normalized spacial score (nSPS) is 31.3. The van der Waals surface area contributed by atoms with E-state index in [1.807, 2.05) is 6.92 Å². The van der Waals surface area contributed by atoms with Crippen molar-refractivity contribution in [1.82, 2.24) is 5.32 Å². The average molecular weight is 1080 g/mol. The molecule has 75 heavy (non-hydrogen) atoms. The van der Waals surface area contributed by atoms with Crippen molar-refractivity contribution >= 4 is 5.91 Å². The van der Waals surface area contributed by atoms with Crippen molar-refractivity contribution in [3.05, 3.63) is 24.3 Å². The molecule has 3 saturated heterocycles. The molecule has 0 bridgehead atoms. The minimum atomic E-state index is -1.97. The van der Waals surface area contributed by atoms with Crippen LogP contribution in [0.3, 0.4) is 0 Å². The Balaban J connectivity index is 1.32. The van der Waals surface area contributed by atoms with Crippen LogP contribution in [0.4, 0.5) is 0 Å². The summed E-state index contributed by atoms with van der Waals surface area (Å²) in [6.07, 6.45) is 14.6. The minimum absolute atomic E-state index is 0.243. The van der Waals surface area contributed by atoms with Gasteiger partial charge in [-0.2, -0.15) is 0 Å². The number of rotatable bonds is 42. The van der Waals surface area contributed by atoms with Crippen molar-refractivity contribution in [3.63, 3.8) is 0 Å². The number of allylic oxidation sites excluding steroid dienone is 3. The summed E-state index contributed by atoms with van der Waals surface area (Å²) < 4.78 is 33.9. The fraction of sp³-hybridized carbons (Fsp3) is 0.911. The molecule has 3 rings (SSSR count). The number of hydrogen-bond acceptors (Lipinski definition) is 18. The molecule has 3 aliphatic heterocycles. The zero-order chi connectivity index (χ0) is 54.8. The summed E-state index contributed by atoms with van der Waals surface area (Å²) in [4.78, 5) is 13.1. The number of aliphatic hydroxyl groups excluding tert-OH is 11. The van der Waals surface area contributed by atoms with Gasteiger partial charge in [-0.3, -0.25) is 4.79 Å². The number of aliphatic hydroxyl groups is 11. The minimum Gasteiger partial charge on any atom is -0.394 e. The molecule has 19 nitrogen and oxygen atoms in total. The van der Waals surface area contributed by atoms with Crippen LogP contribution in [0.2, 0.25) is 0 Å². The standard InChI is InChI=1S/C56H103NO18/c1-3-5-7-8-9-10-11-12-13-14-15-16-17-18-19-20-21-22-23-24-25-26-27-28-29-30-32-34-44(62)57-39(40(61)33-31-6-4-2)38-70-54-50(68)47(65)52(42(36-59)72-54)75-56-51(69)48(66)53(43(37-60)73-56)74-55-49(67)46(64)45(63)41(35-58)71-55/h14-15,31,33,39-43,45-56,58-61,63-69H,3-13,16-30,32,34-38H2,1-2H3,(H,57,62)/b15-14-,33-31+. The van der Waals surface area contributed by atoms with Crippen molar-refractivity contribution in [3.8, 4) is 0 Å². The Labute approximate surface area is 448 Å². The Morgan fingerprint density at radius 3 is 1.32 bits per heavy atom. The zero-order valence-corrected chi connectivity index (χ0v) is 45.5. The topological polar surface area (TPSA) is 307 Å². The lowest BCUT2D eigenvalue weighted by atomic mass is 9.96. The van der Waals surface area contributed by atoms with E-state index in [2.05, 4.69) is 24.4 Å². The molecule has 0 radical (unpaired) electrons. The Morgan fingerprint density at radius 1 is 0.467 bits per heavy atom. The first-order valence-electron chi connectivity index (χ1n) is 29.1. The number of nitrogens with one attached hydrogen (secondary N) is 1. The van der Waals surface area contributed by atoms with Gasteiger partial charge in [-0.1, -0.05) is 173 Å². The van der Waals surface area contributed by atoms with Crippen molar-refractivity contribution in [1.29, 1.82) is 0 Å². The predicted octanol–water partition coefficient (Wildman–Crippen LogP) is 4.37. The Kier molecular flexibility index (Phi) is 36.4. The summed E-state index contributed by atoms with van der Waals surface area (Å²) in [5, 5.41) is 119. The molecule has 0 saturated carbocycles. The number of unbranched alkanes of at least 4 members (excludes halogenated alkanes) is 24. The SMILES string of the molecule is CCC/C=C/C(O)C(COC1OC(CO)C(OC2OC(CO)C(OC3OC(CO)C(O)C(O)C3O)C(O)C2O)C(O)C1O)NC(=O)CCCCCCCCCCCCCCCCC/C=C\CCCCCCCCCC. The van der Waals surface area contributed by atoms with Gasteiger partial charge in [0, 0.05) is 6.42 Å². The predicted molar refractivity (Wildman–Crippen MR) is 282 cm³/mol. The van der Waals surface area contributed by atoms with Crippen LogP contribution in [0.15, 0.2) is 24.3 Å². The first kappa shape index (κ1) is 67.5. The quantitative estimate of drug-likeness (QED) is 0.0298. The van der Waals surface area contributed by atoms with Gasteiger partial charge in [0.1, 0.15) is 73.2 Å². The van der Waals surface area contributed by atoms with Gasteiger partial charge in [0.25, 0.3) is 0 Å². The summed E-state index contributed by atoms with van der Waals surface area (Å²) in [5.74, 6) is -0.287. The molecule has 17 unspecified atom stereocenters. The lowest BCUT2D eigenvalue weighted by molar-refractivity contribution is -0.379. The second-order valence-electron chi connectivity index (χ2n) is 21.1. The van der Waals surface area contributed by atoms with Crippen LogP contribution in [0, 0.1) is 0 Å². The van der Waals surface area contributed by atoms with E-state index in [9.17, 15) is 61.0 Å². The number of carbonyl (C=O) groups is 1. The van der Waals surface area contributed by atoms with E-state index in [4.69, 9.17) is 28.4 Å². The molecule has 12 N–H and O–H groups in total. The van der Waals surface area contributed by atoms with Crippen LogP contribution in [0.1, 0.15) is 194 Å². The Bertz CT molecular complexity index is 1480. The van der Waals surface area contributed by atoms with E-state index in [1.165, 1.54) is 135 Å². The molecule has 0 spiro atoms. The molecule has 19 heteroatoms. The van der Waals surface area contributed by atoms with E-state index in [1.54, 1.807) is 12.2 Å². The molecule has 0 aromatic carbocycles.